The second-order valence-electron chi connectivity index (χ2n) is 3.29. The summed E-state index contributed by atoms with van der Waals surface area (Å²) in [6, 6.07) is 8.28. The molecule has 0 unspecified atom stereocenters. The van der Waals surface area contributed by atoms with Gasteiger partial charge in [-0.1, -0.05) is 35.9 Å². The van der Waals surface area contributed by atoms with Gasteiger partial charge < -0.3 is 0 Å². The molecule has 0 nitrogen and oxygen atoms in total. The van der Waals surface area contributed by atoms with Crippen molar-refractivity contribution >= 4 is 22.9 Å². The first-order chi connectivity index (χ1) is 6.70. The van der Waals surface area contributed by atoms with E-state index in [1.165, 1.54) is 22.5 Å². The van der Waals surface area contributed by atoms with Gasteiger partial charge in [0.15, 0.2) is 0 Å². The third kappa shape index (κ3) is 1.58. The Morgan fingerprint density at radius 3 is 2.50 bits per heavy atom. The molecule has 1 aromatic carbocycles. The van der Waals surface area contributed by atoms with Crippen LogP contribution in [0.25, 0.3) is 11.1 Å². The van der Waals surface area contributed by atoms with E-state index in [4.69, 9.17) is 11.6 Å². The van der Waals surface area contributed by atoms with Crippen molar-refractivity contribution in [1.29, 1.82) is 0 Å². The predicted molar refractivity (Wildman–Crippen MR) is 63.1 cm³/mol. The molecule has 1 radical (unpaired) electrons. The lowest BCUT2D eigenvalue weighted by atomic mass is 10.0. The van der Waals surface area contributed by atoms with Crippen molar-refractivity contribution in [1.82, 2.24) is 0 Å². The van der Waals surface area contributed by atoms with Gasteiger partial charge in [0.1, 0.15) is 4.34 Å². The van der Waals surface area contributed by atoms with Gasteiger partial charge in [0.05, 0.1) is 0 Å². The summed E-state index contributed by atoms with van der Waals surface area (Å²) in [5.74, 6) is 0. The van der Waals surface area contributed by atoms with Crippen LogP contribution in [0.2, 0.25) is 4.34 Å². The van der Waals surface area contributed by atoms with Crippen molar-refractivity contribution in [2.24, 2.45) is 0 Å². The number of thiophene rings is 1. The Morgan fingerprint density at radius 1 is 1.21 bits per heavy atom. The van der Waals surface area contributed by atoms with Crippen molar-refractivity contribution in [3.8, 4) is 11.1 Å². The summed E-state index contributed by atoms with van der Waals surface area (Å²) in [5, 5.41) is 3.17. The standard InChI is InChI=1S/C12H10ClS/c1-8-5-3-4-6-10(8)11-9(2)7-14-12(11)13/h3-6H,1-2H3. The van der Waals surface area contributed by atoms with Crippen molar-refractivity contribution in [3.63, 3.8) is 0 Å². The number of rotatable bonds is 1. The minimum atomic E-state index is 0.830. The topological polar surface area (TPSA) is 0 Å². The largest absolute Gasteiger partial charge is 0.122 e. The van der Waals surface area contributed by atoms with Crippen LogP contribution >= 0.6 is 22.9 Å². The highest BCUT2D eigenvalue weighted by Crippen LogP contribution is 2.37. The van der Waals surface area contributed by atoms with Crippen molar-refractivity contribution < 1.29 is 0 Å². The van der Waals surface area contributed by atoms with Crippen LogP contribution in [-0.2, 0) is 0 Å². The zero-order valence-electron chi connectivity index (χ0n) is 8.10. The summed E-state index contributed by atoms with van der Waals surface area (Å²) in [5.41, 5.74) is 4.74. The molecule has 0 bridgehead atoms. The lowest BCUT2D eigenvalue weighted by molar-refractivity contribution is 1.44. The van der Waals surface area contributed by atoms with E-state index in [1.807, 2.05) is 19.1 Å². The molecule has 1 heterocycles. The second-order valence-corrected chi connectivity index (χ2v) is 4.71. The van der Waals surface area contributed by atoms with Crippen molar-refractivity contribution in [2.75, 3.05) is 0 Å². The SMILES string of the molecule is Cc1[c]sc(Cl)c1-c1ccccc1C. The van der Waals surface area contributed by atoms with Gasteiger partial charge in [-0.25, -0.2) is 0 Å². The lowest BCUT2D eigenvalue weighted by Gasteiger charge is -2.05. The minimum Gasteiger partial charge on any atom is -0.122 e. The van der Waals surface area contributed by atoms with Crippen LogP contribution in [0.4, 0.5) is 0 Å². The summed E-state index contributed by atoms with van der Waals surface area (Å²) in [6.07, 6.45) is 0. The van der Waals surface area contributed by atoms with E-state index >= 15 is 0 Å². The van der Waals surface area contributed by atoms with Crippen LogP contribution in [0.1, 0.15) is 11.1 Å². The summed E-state index contributed by atoms with van der Waals surface area (Å²) in [7, 11) is 0. The summed E-state index contributed by atoms with van der Waals surface area (Å²) in [4.78, 5) is 0. The molecule has 0 amide bonds. The van der Waals surface area contributed by atoms with Crippen LogP contribution in [0.3, 0.4) is 0 Å². The number of aryl methyl sites for hydroxylation is 2. The number of halogens is 1. The van der Waals surface area contributed by atoms with E-state index in [9.17, 15) is 0 Å². The van der Waals surface area contributed by atoms with E-state index in [0.717, 1.165) is 15.5 Å². The Balaban J connectivity index is 2.66. The van der Waals surface area contributed by atoms with E-state index in [1.54, 1.807) is 0 Å². The predicted octanol–water partition coefficient (Wildman–Crippen LogP) is 4.49. The summed E-state index contributed by atoms with van der Waals surface area (Å²) >= 11 is 7.61. The molecule has 0 N–H and O–H groups in total. The van der Waals surface area contributed by atoms with Crippen molar-refractivity contribution in [2.45, 2.75) is 13.8 Å². The molecule has 0 fully saturated rings. The average Bonchev–Trinajstić information content (AvgIpc) is 2.48. The zero-order valence-corrected chi connectivity index (χ0v) is 9.67. The third-order valence-corrected chi connectivity index (χ3v) is 3.49. The van der Waals surface area contributed by atoms with Gasteiger partial charge in [-0.3, -0.25) is 0 Å². The number of hydrogen-bond acceptors (Lipinski definition) is 1. The van der Waals surface area contributed by atoms with Gasteiger partial charge >= 0.3 is 0 Å². The van der Waals surface area contributed by atoms with E-state index in [0.29, 0.717) is 0 Å². The molecule has 0 aliphatic heterocycles. The Kier molecular flexibility index (Phi) is 2.62. The van der Waals surface area contributed by atoms with E-state index in [-0.39, 0.29) is 0 Å². The van der Waals surface area contributed by atoms with Gasteiger partial charge in [-0.2, -0.15) is 0 Å². The van der Waals surface area contributed by atoms with Gasteiger partial charge in [0.25, 0.3) is 0 Å². The normalized spacial score (nSPS) is 10.5. The number of hydrogen-bond donors (Lipinski definition) is 0. The van der Waals surface area contributed by atoms with Crippen LogP contribution in [0.5, 0.6) is 0 Å². The van der Waals surface area contributed by atoms with E-state index < -0.39 is 0 Å². The van der Waals surface area contributed by atoms with Crippen LogP contribution in [-0.4, -0.2) is 0 Å². The fourth-order valence-corrected chi connectivity index (χ4v) is 2.60. The lowest BCUT2D eigenvalue weighted by Crippen LogP contribution is -1.82. The van der Waals surface area contributed by atoms with Gasteiger partial charge in [0.2, 0.25) is 0 Å². The first-order valence-corrected chi connectivity index (χ1v) is 5.62. The molecule has 14 heavy (non-hydrogen) atoms. The zero-order chi connectivity index (χ0) is 10.1. The number of benzene rings is 1. The molecular weight excluding hydrogens is 212 g/mol. The molecule has 71 valence electrons. The van der Waals surface area contributed by atoms with E-state index in [2.05, 4.69) is 24.4 Å². The minimum absolute atomic E-state index is 0.830. The molecule has 2 rings (SSSR count). The fraction of sp³-hybridized carbons (Fsp3) is 0.167. The molecule has 0 aliphatic rings. The highest BCUT2D eigenvalue weighted by atomic mass is 35.5. The molecular formula is C12H10ClS. The quantitative estimate of drug-likeness (QED) is 0.666. The molecule has 0 atom stereocenters. The Morgan fingerprint density at radius 2 is 1.93 bits per heavy atom. The highest BCUT2D eigenvalue weighted by Gasteiger charge is 2.10. The summed E-state index contributed by atoms with van der Waals surface area (Å²) < 4.78 is 0.830. The first kappa shape index (κ1) is 9.75. The molecule has 0 aliphatic carbocycles. The molecule has 1 aromatic heterocycles. The van der Waals surface area contributed by atoms with Crippen LogP contribution in [0.15, 0.2) is 24.3 Å². The Labute approximate surface area is 93.2 Å². The first-order valence-electron chi connectivity index (χ1n) is 4.42. The monoisotopic (exact) mass is 221 g/mol. The molecule has 0 saturated carbocycles. The van der Waals surface area contributed by atoms with Crippen molar-refractivity contribution in [3.05, 3.63) is 45.1 Å². The molecule has 2 aromatic rings. The van der Waals surface area contributed by atoms with Crippen LogP contribution < -0.4 is 0 Å². The van der Waals surface area contributed by atoms with Gasteiger partial charge in [-0.05, 0) is 30.5 Å². The summed E-state index contributed by atoms with van der Waals surface area (Å²) in [6.45, 7) is 4.15. The maximum Gasteiger partial charge on any atom is 0.102 e. The third-order valence-electron chi connectivity index (χ3n) is 2.28. The second kappa shape index (κ2) is 3.76. The smallest absolute Gasteiger partial charge is 0.102 e. The van der Waals surface area contributed by atoms with Crippen LogP contribution in [0, 0.1) is 19.2 Å². The maximum atomic E-state index is 6.14. The molecule has 0 saturated heterocycles. The molecule has 2 heteroatoms. The maximum absolute atomic E-state index is 6.14. The fourth-order valence-electron chi connectivity index (χ4n) is 1.53. The Hall–Kier alpha value is -0.790. The highest BCUT2D eigenvalue weighted by molar-refractivity contribution is 7.14. The average molecular weight is 222 g/mol. The van der Waals surface area contributed by atoms with Gasteiger partial charge in [0, 0.05) is 10.9 Å². The Bertz CT molecular complexity index is 438. The molecule has 0 spiro atoms. The van der Waals surface area contributed by atoms with Gasteiger partial charge in [-0.15, -0.1) is 11.3 Å².